The number of hydrogen-bond acceptors (Lipinski definition) is 1. The Morgan fingerprint density at radius 1 is 1.30 bits per heavy atom. The summed E-state index contributed by atoms with van der Waals surface area (Å²) in [5, 5.41) is -0.151. The van der Waals surface area contributed by atoms with Crippen molar-refractivity contribution >= 4 is 17.4 Å². The maximum absolute atomic E-state index is 11.1. The van der Waals surface area contributed by atoms with E-state index in [2.05, 4.69) is 0 Å². The van der Waals surface area contributed by atoms with Gasteiger partial charge in [0.2, 0.25) is 0 Å². The first-order valence-electron chi connectivity index (χ1n) is 3.94. The third-order valence-electron chi connectivity index (χ3n) is 2.90. The first-order chi connectivity index (χ1) is 4.77. The van der Waals surface area contributed by atoms with Crippen molar-refractivity contribution in [2.24, 2.45) is 11.8 Å². The van der Waals surface area contributed by atoms with Crippen LogP contribution in [0.3, 0.4) is 0 Å². The first kappa shape index (κ1) is 6.66. The Morgan fingerprint density at radius 2 is 2.00 bits per heavy atom. The van der Waals surface area contributed by atoms with E-state index in [9.17, 15) is 4.79 Å². The molecule has 0 heterocycles. The van der Waals surface area contributed by atoms with Gasteiger partial charge in [0.1, 0.15) is 0 Å². The summed E-state index contributed by atoms with van der Waals surface area (Å²) in [4.78, 5) is 11.1. The van der Waals surface area contributed by atoms with E-state index >= 15 is 0 Å². The van der Waals surface area contributed by atoms with Gasteiger partial charge in [0.05, 0.1) is 5.38 Å². The SMILES string of the molecule is O=C1C[C@H]2CC[C@@H]2C[C@H]1Cl. The van der Waals surface area contributed by atoms with Crippen molar-refractivity contribution < 1.29 is 4.79 Å². The van der Waals surface area contributed by atoms with Crippen molar-refractivity contribution in [2.75, 3.05) is 0 Å². The normalized spacial score (nSPS) is 46.1. The van der Waals surface area contributed by atoms with Crippen LogP contribution in [-0.4, -0.2) is 11.2 Å². The predicted octanol–water partition coefficient (Wildman–Crippen LogP) is 1.98. The van der Waals surface area contributed by atoms with Gasteiger partial charge in [-0.2, -0.15) is 0 Å². The fraction of sp³-hybridized carbons (Fsp3) is 0.875. The van der Waals surface area contributed by atoms with Gasteiger partial charge in [-0.3, -0.25) is 4.79 Å². The molecule has 2 saturated carbocycles. The molecule has 2 aliphatic carbocycles. The summed E-state index contributed by atoms with van der Waals surface area (Å²) < 4.78 is 0. The van der Waals surface area contributed by atoms with Gasteiger partial charge in [0, 0.05) is 6.42 Å². The van der Waals surface area contributed by atoms with E-state index in [4.69, 9.17) is 11.6 Å². The number of rotatable bonds is 0. The number of carbonyl (C=O) groups excluding carboxylic acids is 1. The Kier molecular flexibility index (Phi) is 1.48. The van der Waals surface area contributed by atoms with Gasteiger partial charge < -0.3 is 0 Å². The number of fused-ring (bicyclic) bond motifs is 1. The molecule has 3 atom stereocenters. The highest BCUT2D eigenvalue weighted by atomic mass is 35.5. The molecule has 2 aliphatic rings. The van der Waals surface area contributed by atoms with Crippen LogP contribution in [0, 0.1) is 11.8 Å². The van der Waals surface area contributed by atoms with Crippen LogP contribution in [0.1, 0.15) is 25.7 Å². The maximum Gasteiger partial charge on any atom is 0.150 e. The van der Waals surface area contributed by atoms with Crippen LogP contribution in [0.5, 0.6) is 0 Å². The average molecular weight is 159 g/mol. The van der Waals surface area contributed by atoms with Gasteiger partial charge in [0.15, 0.2) is 5.78 Å². The summed E-state index contributed by atoms with van der Waals surface area (Å²) in [6, 6.07) is 0. The molecule has 10 heavy (non-hydrogen) atoms. The number of ketones is 1. The van der Waals surface area contributed by atoms with Crippen molar-refractivity contribution in [3.63, 3.8) is 0 Å². The molecule has 0 radical (unpaired) electrons. The van der Waals surface area contributed by atoms with E-state index in [0.29, 0.717) is 5.92 Å². The first-order valence-corrected chi connectivity index (χ1v) is 4.38. The third kappa shape index (κ3) is 0.878. The molecule has 0 unspecified atom stereocenters. The Labute approximate surface area is 65.7 Å². The molecule has 0 bridgehead atoms. The predicted molar refractivity (Wildman–Crippen MR) is 40.1 cm³/mol. The van der Waals surface area contributed by atoms with Gasteiger partial charge in [-0.15, -0.1) is 11.6 Å². The summed E-state index contributed by atoms with van der Waals surface area (Å²) in [7, 11) is 0. The van der Waals surface area contributed by atoms with E-state index in [1.165, 1.54) is 12.8 Å². The van der Waals surface area contributed by atoms with Crippen LogP contribution in [0.4, 0.5) is 0 Å². The Bertz CT molecular complexity index is 167. The fourth-order valence-electron chi connectivity index (χ4n) is 2.00. The molecule has 0 spiro atoms. The molecule has 1 nitrogen and oxygen atoms in total. The zero-order valence-electron chi connectivity index (χ0n) is 5.85. The van der Waals surface area contributed by atoms with Crippen molar-refractivity contribution in [1.82, 2.24) is 0 Å². The fourth-order valence-corrected chi connectivity index (χ4v) is 2.32. The average Bonchev–Trinajstić information content (AvgIpc) is 1.89. The van der Waals surface area contributed by atoms with Crippen LogP contribution < -0.4 is 0 Å². The van der Waals surface area contributed by atoms with Crippen LogP contribution in [0.2, 0.25) is 0 Å². The molecule has 2 heteroatoms. The van der Waals surface area contributed by atoms with Crippen molar-refractivity contribution in [2.45, 2.75) is 31.1 Å². The van der Waals surface area contributed by atoms with Gasteiger partial charge in [-0.05, 0) is 31.1 Å². The highest BCUT2D eigenvalue weighted by molar-refractivity contribution is 6.31. The minimum atomic E-state index is -0.151. The van der Waals surface area contributed by atoms with Crippen LogP contribution in [0.15, 0.2) is 0 Å². The summed E-state index contributed by atoms with van der Waals surface area (Å²) in [5.74, 6) is 1.78. The molecule has 0 aromatic rings. The molecule has 0 aliphatic heterocycles. The molecule has 0 amide bonds. The highest BCUT2D eigenvalue weighted by Crippen LogP contribution is 2.44. The van der Waals surface area contributed by atoms with E-state index < -0.39 is 0 Å². The summed E-state index contributed by atoms with van der Waals surface area (Å²) >= 11 is 5.81. The van der Waals surface area contributed by atoms with Crippen molar-refractivity contribution in [3.8, 4) is 0 Å². The van der Waals surface area contributed by atoms with Gasteiger partial charge >= 0.3 is 0 Å². The van der Waals surface area contributed by atoms with Crippen molar-refractivity contribution in [1.29, 1.82) is 0 Å². The van der Waals surface area contributed by atoms with Crippen LogP contribution in [-0.2, 0) is 4.79 Å². The third-order valence-corrected chi connectivity index (χ3v) is 3.32. The van der Waals surface area contributed by atoms with Gasteiger partial charge in [0.25, 0.3) is 0 Å². The number of hydrogen-bond donors (Lipinski definition) is 0. The highest BCUT2D eigenvalue weighted by Gasteiger charge is 2.40. The number of Topliss-reactive ketones (excluding diaryl/α,β-unsaturated/α-hetero) is 1. The topological polar surface area (TPSA) is 17.1 Å². The molecule has 2 rings (SSSR count). The molecular weight excluding hydrogens is 148 g/mol. The lowest BCUT2D eigenvalue weighted by Gasteiger charge is -2.41. The molecule has 0 aromatic carbocycles. The van der Waals surface area contributed by atoms with E-state index in [0.717, 1.165) is 18.8 Å². The minimum absolute atomic E-state index is 0.151. The Hall–Kier alpha value is -0.0400. The molecule has 0 aromatic heterocycles. The van der Waals surface area contributed by atoms with E-state index in [1.54, 1.807) is 0 Å². The molecular formula is C8H11ClO. The molecule has 2 fully saturated rings. The lowest BCUT2D eigenvalue weighted by Crippen LogP contribution is -2.38. The van der Waals surface area contributed by atoms with E-state index in [-0.39, 0.29) is 11.2 Å². The summed E-state index contributed by atoms with van der Waals surface area (Å²) in [6.07, 6.45) is 4.28. The zero-order valence-corrected chi connectivity index (χ0v) is 6.60. The van der Waals surface area contributed by atoms with Crippen LogP contribution in [0.25, 0.3) is 0 Å². The second-order valence-electron chi connectivity index (χ2n) is 3.47. The van der Waals surface area contributed by atoms with E-state index in [1.807, 2.05) is 0 Å². The summed E-state index contributed by atoms with van der Waals surface area (Å²) in [6.45, 7) is 0. The Morgan fingerprint density at radius 3 is 2.50 bits per heavy atom. The molecule has 0 saturated heterocycles. The second-order valence-corrected chi connectivity index (χ2v) is 4.00. The molecule has 0 N–H and O–H groups in total. The lowest BCUT2D eigenvalue weighted by atomic mass is 9.65. The quantitative estimate of drug-likeness (QED) is 0.493. The summed E-state index contributed by atoms with van der Waals surface area (Å²) in [5.41, 5.74) is 0. The monoisotopic (exact) mass is 158 g/mol. The van der Waals surface area contributed by atoms with Gasteiger partial charge in [-0.1, -0.05) is 0 Å². The second kappa shape index (κ2) is 2.23. The largest absolute Gasteiger partial charge is 0.298 e. The number of halogens is 1. The van der Waals surface area contributed by atoms with Crippen LogP contribution >= 0.6 is 11.6 Å². The zero-order chi connectivity index (χ0) is 7.14. The lowest BCUT2D eigenvalue weighted by molar-refractivity contribution is -0.124. The smallest absolute Gasteiger partial charge is 0.150 e. The standard InChI is InChI=1S/C8H11ClO/c9-7-3-5-1-2-6(5)4-8(7)10/h5-7H,1-4H2/t5-,6-,7-/m1/s1. The van der Waals surface area contributed by atoms with Crippen molar-refractivity contribution in [3.05, 3.63) is 0 Å². The Balaban J connectivity index is 2.03. The maximum atomic E-state index is 11.1. The van der Waals surface area contributed by atoms with Gasteiger partial charge in [-0.25, -0.2) is 0 Å². The number of alkyl halides is 1. The molecule has 56 valence electrons. The minimum Gasteiger partial charge on any atom is -0.298 e. The number of carbonyl (C=O) groups is 1.